The van der Waals surface area contributed by atoms with Gasteiger partial charge in [-0.25, -0.2) is 4.79 Å². The zero-order chi connectivity index (χ0) is 10.7. The smallest absolute Gasteiger partial charge is 0.318 e. The number of likely N-dealkylation sites (N-methyl/N-ethyl adjacent to an activating group) is 1. The van der Waals surface area contributed by atoms with E-state index in [1.54, 1.807) is 4.57 Å². The lowest BCUT2D eigenvalue weighted by Gasteiger charge is -2.11. The molecule has 0 saturated heterocycles. The molecule has 0 radical (unpaired) electrons. The normalized spacial score (nSPS) is 10.6. The average Bonchev–Trinajstić information content (AvgIpc) is 2.14. The Labute approximate surface area is 91.5 Å². The molecule has 0 aliphatic carbocycles. The molecule has 1 heterocycles. The first kappa shape index (κ1) is 11.4. The summed E-state index contributed by atoms with van der Waals surface area (Å²) in [7, 11) is 1.86. The largest absolute Gasteiger partial charge is 0.348 e. The Kier molecular flexibility index (Phi) is 3.83. The maximum absolute atomic E-state index is 11.5. The average molecular weight is 260 g/mol. The van der Waals surface area contributed by atoms with Crippen LogP contribution in [0.1, 0.15) is 11.4 Å². The summed E-state index contributed by atoms with van der Waals surface area (Å²) in [6.45, 7) is 5.14. The summed E-state index contributed by atoms with van der Waals surface area (Å²) in [5.74, 6) is 0. The van der Waals surface area contributed by atoms with Gasteiger partial charge < -0.3 is 5.32 Å². The third kappa shape index (κ3) is 2.22. The molecule has 0 unspecified atom stereocenters. The minimum Gasteiger partial charge on any atom is -0.318 e. The second-order valence-corrected chi connectivity index (χ2v) is 3.93. The van der Waals surface area contributed by atoms with Gasteiger partial charge in [-0.15, -0.1) is 0 Å². The van der Waals surface area contributed by atoms with Crippen LogP contribution >= 0.6 is 15.9 Å². The van der Waals surface area contributed by atoms with Gasteiger partial charge in [0, 0.05) is 18.8 Å². The second-order valence-electron chi connectivity index (χ2n) is 3.13. The lowest BCUT2D eigenvalue weighted by molar-refractivity contribution is 0.592. The molecule has 1 rings (SSSR count). The van der Waals surface area contributed by atoms with Gasteiger partial charge in [0.05, 0.1) is 10.2 Å². The molecule has 4 nitrogen and oxygen atoms in total. The molecule has 0 aliphatic heterocycles. The zero-order valence-electron chi connectivity index (χ0n) is 8.59. The van der Waals surface area contributed by atoms with Crippen molar-refractivity contribution in [2.45, 2.75) is 20.4 Å². The van der Waals surface area contributed by atoms with E-state index >= 15 is 0 Å². The van der Waals surface area contributed by atoms with Crippen LogP contribution in [-0.2, 0) is 6.54 Å². The predicted octanol–water partition coefficient (Wildman–Crippen LogP) is 0.842. The molecule has 0 bridgehead atoms. The van der Waals surface area contributed by atoms with Crippen molar-refractivity contribution in [2.75, 3.05) is 13.6 Å². The third-order valence-corrected chi connectivity index (χ3v) is 3.27. The number of nitrogens with zero attached hydrogens (tertiary/aromatic N) is 2. The Balaban J connectivity index is 3.16. The van der Waals surface area contributed by atoms with E-state index < -0.39 is 0 Å². The van der Waals surface area contributed by atoms with Crippen LogP contribution in [0.5, 0.6) is 0 Å². The fourth-order valence-corrected chi connectivity index (χ4v) is 1.57. The van der Waals surface area contributed by atoms with Crippen molar-refractivity contribution in [3.05, 3.63) is 26.3 Å². The number of nitrogens with one attached hydrogen (secondary N) is 1. The van der Waals surface area contributed by atoms with Gasteiger partial charge in [0.25, 0.3) is 0 Å². The van der Waals surface area contributed by atoms with E-state index in [-0.39, 0.29) is 5.69 Å². The van der Waals surface area contributed by atoms with E-state index in [4.69, 9.17) is 0 Å². The highest BCUT2D eigenvalue weighted by atomic mass is 79.9. The van der Waals surface area contributed by atoms with E-state index in [0.29, 0.717) is 6.54 Å². The van der Waals surface area contributed by atoms with Crippen LogP contribution in [0.3, 0.4) is 0 Å². The maximum Gasteiger partial charge on any atom is 0.348 e. The van der Waals surface area contributed by atoms with Crippen molar-refractivity contribution >= 4 is 15.9 Å². The summed E-state index contributed by atoms with van der Waals surface area (Å²) in [6.07, 6.45) is 0. The highest BCUT2D eigenvalue weighted by molar-refractivity contribution is 9.10. The lowest BCUT2D eigenvalue weighted by Crippen LogP contribution is -2.30. The summed E-state index contributed by atoms with van der Waals surface area (Å²) in [6, 6.07) is 0. The zero-order valence-corrected chi connectivity index (χ0v) is 10.2. The Morgan fingerprint density at radius 3 is 2.71 bits per heavy atom. The SMILES string of the molecule is CNCCn1c(C)c(Br)c(C)nc1=O. The van der Waals surface area contributed by atoms with Crippen LogP contribution in [-0.4, -0.2) is 23.1 Å². The molecule has 78 valence electrons. The Bertz CT molecular complexity index is 386. The molecule has 1 N–H and O–H groups in total. The minimum atomic E-state index is -0.182. The van der Waals surface area contributed by atoms with E-state index in [1.165, 1.54) is 0 Å². The van der Waals surface area contributed by atoms with Crippen LogP contribution in [0.4, 0.5) is 0 Å². The number of hydrogen-bond donors (Lipinski definition) is 1. The molecular weight excluding hydrogens is 246 g/mol. The Morgan fingerprint density at radius 1 is 1.50 bits per heavy atom. The van der Waals surface area contributed by atoms with Crippen LogP contribution < -0.4 is 11.0 Å². The fraction of sp³-hybridized carbons (Fsp3) is 0.556. The predicted molar refractivity (Wildman–Crippen MR) is 59.6 cm³/mol. The molecule has 0 amide bonds. The van der Waals surface area contributed by atoms with E-state index in [9.17, 15) is 4.79 Å². The van der Waals surface area contributed by atoms with Crippen molar-refractivity contribution in [3.63, 3.8) is 0 Å². The summed E-state index contributed by atoms with van der Waals surface area (Å²) in [5.41, 5.74) is 1.49. The van der Waals surface area contributed by atoms with Gasteiger partial charge in [-0.3, -0.25) is 4.57 Å². The van der Waals surface area contributed by atoms with Crippen molar-refractivity contribution < 1.29 is 0 Å². The summed E-state index contributed by atoms with van der Waals surface area (Å²) >= 11 is 3.41. The van der Waals surface area contributed by atoms with Crippen molar-refractivity contribution in [1.82, 2.24) is 14.9 Å². The van der Waals surface area contributed by atoms with Crippen molar-refractivity contribution in [1.29, 1.82) is 0 Å². The van der Waals surface area contributed by atoms with Gasteiger partial charge in [0.15, 0.2) is 0 Å². The number of aryl methyl sites for hydroxylation is 1. The van der Waals surface area contributed by atoms with Crippen molar-refractivity contribution in [2.24, 2.45) is 0 Å². The number of halogens is 1. The Morgan fingerprint density at radius 2 is 2.14 bits per heavy atom. The molecule has 5 heteroatoms. The Hall–Kier alpha value is -0.680. The number of aromatic nitrogens is 2. The molecule has 0 atom stereocenters. The van der Waals surface area contributed by atoms with Gasteiger partial charge >= 0.3 is 5.69 Å². The minimum absolute atomic E-state index is 0.182. The first-order chi connectivity index (χ1) is 6.57. The van der Waals surface area contributed by atoms with Gasteiger partial charge in [-0.05, 0) is 36.8 Å². The molecule has 1 aromatic rings. The van der Waals surface area contributed by atoms with E-state index in [2.05, 4.69) is 26.2 Å². The molecule has 0 aromatic carbocycles. The lowest BCUT2D eigenvalue weighted by atomic mass is 10.3. The molecule has 14 heavy (non-hydrogen) atoms. The van der Waals surface area contributed by atoms with Gasteiger partial charge in [0.1, 0.15) is 0 Å². The maximum atomic E-state index is 11.5. The van der Waals surface area contributed by atoms with Crippen LogP contribution in [0.2, 0.25) is 0 Å². The fourth-order valence-electron chi connectivity index (χ4n) is 1.26. The monoisotopic (exact) mass is 259 g/mol. The number of rotatable bonds is 3. The molecule has 0 fully saturated rings. The van der Waals surface area contributed by atoms with Crippen LogP contribution in [0.15, 0.2) is 9.27 Å². The van der Waals surface area contributed by atoms with E-state index in [1.807, 2.05) is 20.9 Å². The summed E-state index contributed by atoms with van der Waals surface area (Å²) in [4.78, 5) is 15.4. The summed E-state index contributed by atoms with van der Waals surface area (Å²) < 4.78 is 2.57. The number of hydrogen-bond acceptors (Lipinski definition) is 3. The molecule has 0 saturated carbocycles. The molecule has 0 aliphatic rings. The highest BCUT2D eigenvalue weighted by Gasteiger charge is 2.07. The van der Waals surface area contributed by atoms with Gasteiger partial charge in [-0.2, -0.15) is 4.98 Å². The molecular formula is C9H14BrN3O. The summed E-state index contributed by atoms with van der Waals surface area (Å²) in [5, 5.41) is 3.00. The molecule has 0 spiro atoms. The van der Waals surface area contributed by atoms with E-state index in [0.717, 1.165) is 22.4 Å². The topological polar surface area (TPSA) is 46.9 Å². The van der Waals surface area contributed by atoms with Gasteiger partial charge in [0.2, 0.25) is 0 Å². The first-order valence-electron chi connectivity index (χ1n) is 4.46. The van der Waals surface area contributed by atoms with Crippen molar-refractivity contribution in [3.8, 4) is 0 Å². The quantitative estimate of drug-likeness (QED) is 0.876. The van der Waals surface area contributed by atoms with Crippen LogP contribution in [0, 0.1) is 13.8 Å². The standard InChI is InChI=1S/C9H14BrN3O/c1-6-8(10)7(2)13(5-4-11-3)9(14)12-6/h11H,4-5H2,1-3H3. The van der Waals surface area contributed by atoms with Crippen LogP contribution in [0.25, 0.3) is 0 Å². The third-order valence-electron chi connectivity index (χ3n) is 2.12. The second kappa shape index (κ2) is 4.70. The molecule has 1 aromatic heterocycles. The highest BCUT2D eigenvalue weighted by Crippen LogP contribution is 2.16. The van der Waals surface area contributed by atoms with Gasteiger partial charge in [-0.1, -0.05) is 0 Å². The first-order valence-corrected chi connectivity index (χ1v) is 5.25.